The van der Waals surface area contributed by atoms with E-state index in [4.69, 9.17) is 28.3 Å². The van der Waals surface area contributed by atoms with Gasteiger partial charge < -0.3 is 4.90 Å². The number of primary sulfonamides is 1. The molecule has 118 valence electrons. The van der Waals surface area contributed by atoms with Crippen LogP contribution in [0, 0.1) is 5.92 Å². The predicted octanol–water partition coefficient (Wildman–Crippen LogP) is 2.76. The number of sulfonamides is 1. The van der Waals surface area contributed by atoms with E-state index in [9.17, 15) is 13.2 Å². The van der Waals surface area contributed by atoms with Crippen molar-refractivity contribution in [1.29, 1.82) is 0 Å². The Bertz CT molecular complexity index is 645. The summed E-state index contributed by atoms with van der Waals surface area (Å²) < 4.78 is 22.9. The molecule has 5 nitrogen and oxygen atoms in total. The van der Waals surface area contributed by atoms with E-state index in [1.54, 1.807) is 4.90 Å². The summed E-state index contributed by atoms with van der Waals surface area (Å²) in [5, 5.41) is 5.08. The number of rotatable bonds is 5. The Morgan fingerprint density at radius 1 is 1.33 bits per heavy atom. The third-order valence-electron chi connectivity index (χ3n) is 2.82. The summed E-state index contributed by atoms with van der Waals surface area (Å²) in [7, 11) is -3.97. The lowest BCUT2D eigenvalue weighted by Gasteiger charge is -2.23. The van der Waals surface area contributed by atoms with E-state index in [0.29, 0.717) is 13.1 Å². The summed E-state index contributed by atoms with van der Waals surface area (Å²) >= 11 is 11.9. The Hall–Kier alpha value is -0.820. The van der Waals surface area contributed by atoms with E-state index < -0.39 is 10.0 Å². The lowest BCUT2D eigenvalue weighted by molar-refractivity contribution is 0.0745. The van der Waals surface area contributed by atoms with E-state index in [0.717, 1.165) is 12.1 Å². The van der Waals surface area contributed by atoms with Crippen LogP contribution in [0.25, 0.3) is 0 Å². The van der Waals surface area contributed by atoms with Crippen LogP contribution in [0.1, 0.15) is 31.1 Å². The van der Waals surface area contributed by atoms with Gasteiger partial charge in [-0.05, 0) is 25.0 Å². The molecule has 0 heterocycles. The molecule has 2 N–H and O–H groups in total. The van der Waals surface area contributed by atoms with Gasteiger partial charge in [0.1, 0.15) is 0 Å². The molecule has 0 fully saturated rings. The number of nitrogens with zero attached hydrogens (tertiary/aromatic N) is 1. The fourth-order valence-electron chi connectivity index (χ4n) is 1.85. The maximum absolute atomic E-state index is 12.5. The summed E-state index contributed by atoms with van der Waals surface area (Å²) in [6.07, 6.45) is 0. The smallest absolute Gasteiger partial charge is 0.255 e. The number of amides is 1. The van der Waals surface area contributed by atoms with Crippen molar-refractivity contribution in [2.75, 3.05) is 13.1 Å². The SMILES string of the molecule is CCN(CC(C)C)C(=O)c1cc(S(N)(=O)=O)cc(Cl)c1Cl. The lowest BCUT2D eigenvalue weighted by Crippen LogP contribution is -2.34. The van der Waals surface area contributed by atoms with E-state index in [1.165, 1.54) is 0 Å². The summed E-state index contributed by atoms with van der Waals surface area (Å²) in [5.74, 6) is -0.104. The van der Waals surface area contributed by atoms with Crippen LogP contribution in [0.4, 0.5) is 0 Å². The maximum atomic E-state index is 12.5. The quantitative estimate of drug-likeness (QED) is 0.884. The first kappa shape index (κ1) is 18.2. The number of nitrogens with two attached hydrogens (primary N) is 1. The van der Waals surface area contributed by atoms with Crippen LogP contribution in [0.15, 0.2) is 17.0 Å². The normalized spacial score (nSPS) is 11.8. The van der Waals surface area contributed by atoms with Crippen molar-refractivity contribution in [1.82, 2.24) is 4.90 Å². The van der Waals surface area contributed by atoms with Crippen LogP contribution in [0.2, 0.25) is 10.0 Å². The molecule has 0 aliphatic carbocycles. The number of halogens is 2. The third kappa shape index (κ3) is 4.57. The van der Waals surface area contributed by atoms with E-state index in [2.05, 4.69) is 0 Å². The molecule has 1 aromatic carbocycles. The average molecular weight is 353 g/mol. The van der Waals surface area contributed by atoms with Gasteiger partial charge in [-0.25, -0.2) is 13.6 Å². The van der Waals surface area contributed by atoms with Crippen LogP contribution in [-0.2, 0) is 10.0 Å². The molecule has 1 rings (SSSR count). The van der Waals surface area contributed by atoms with E-state index >= 15 is 0 Å². The van der Waals surface area contributed by atoms with Gasteiger partial charge in [-0.1, -0.05) is 37.0 Å². The molecule has 1 aromatic rings. The van der Waals surface area contributed by atoms with Gasteiger partial charge in [0.25, 0.3) is 5.91 Å². The highest BCUT2D eigenvalue weighted by Gasteiger charge is 2.22. The van der Waals surface area contributed by atoms with Crippen LogP contribution in [0.3, 0.4) is 0 Å². The fraction of sp³-hybridized carbons (Fsp3) is 0.462. The molecule has 0 aliphatic heterocycles. The molecule has 0 aliphatic rings. The van der Waals surface area contributed by atoms with Crippen LogP contribution >= 0.6 is 23.2 Å². The van der Waals surface area contributed by atoms with Crippen LogP contribution in [0.5, 0.6) is 0 Å². The molecule has 8 heteroatoms. The fourth-order valence-corrected chi connectivity index (χ4v) is 2.89. The number of carbonyl (C=O) groups is 1. The molecule has 0 saturated carbocycles. The van der Waals surface area contributed by atoms with Gasteiger partial charge in [0.05, 0.1) is 20.5 Å². The van der Waals surface area contributed by atoms with Gasteiger partial charge >= 0.3 is 0 Å². The Morgan fingerprint density at radius 2 is 1.90 bits per heavy atom. The molecular weight excluding hydrogens is 335 g/mol. The van der Waals surface area contributed by atoms with E-state index in [1.807, 2.05) is 20.8 Å². The summed E-state index contributed by atoms with van der Waals surface area (Å²) in [6, 6.07) is 2.30. The lowest BCUT2D eigenvalue weighted by atomic mass is 10.1. The number of hydrogen-bond acceptors (Lipinski definition) is 3. The van der Waals surface area contributed by atoms with Crippen molar-refractivity contribution in [2.45, 2.75) is 25.7 Å². The molecule has 0 radical (unpaired) electrons. The second-order valence-electron chi connectivity index (χ2n) is 5.05. The van der Waals surface area contributed by atoms with Gasteiger partial charge in [0.15, 0.2) is 0 Å². The highest BCUT2D eigenvalue weighted by molar-refractivity contribution is 7.89. The number of hydrogen-bond donors (Lipinski definition) is 1. The minimum Gasteiger partial charge on any atom is -0.339 e. The number of carbonyl (C=O) groups excluding carboxylic acids is 1. The van der Waals surface area contributed by atoms with Gasteiger partial charge in [0.2, 0.25) is 10.0 Å². The first-order valence-corrected chi connectivity index (χ1v) is 8.69. The zero-order valence-corrected chi connectivity index (χ0v) is 14.4. The first-order valence-electron chi connectivity index (χ1n) is 6.39. The largest absolute Gasteiger partial charge is 0.339 e. The standard InChI is InChI=1S/C13H18Cl2N2O3S/c1-4-17(7-8(2)3)13(18)10-5-9(21(16,19)20)6-11(14)12(10)15/h5-6,8H,4,7H2,1-3H3,(H2,16,19,20). The second-order valence-corrected chi connectivity index (χ2v) is 7.40. The zero-order valence-electron chi connectivity index (χ0n) is 12.1. The molecule has 0 unspecified atom stereocenters. The van der Waals surface area contributed by atoms with Crippen molar-refractivity contribution in [3.8, 4) is 0 Å². The Morgan fingerprint density at radius 3 is 2.33 bits per heavy atom. The van der Waals surface area contributed by atoms with Gasteiger partial charge in [-0.3, -0.25) is 4.79 Å². The zero-order chi connectivity index (χ0) is 16.4. The Balaban J connectivity index is 3.35. The van der Waals surface area contributed by atoms with E-state index in [-0.39, 0.29) is 32.3 Å². The molecular formula is C13H18Cl2N2O3S. The molecule has 1 amide bonds. The van der Waals surface area contributed by atoms with Gasteiger partial charge in [0, 0.05) is 13.1 Å². The molecule has 0 atom stereocenters. The average Bonchev–Trinajstić information content (AvgIpc) is 2.36. The molecule has 0 aromatic heterocycles. The number of benzene rings is 1. The van der Waals surface area contributed by atoms with Crippen molar-refractivity contribution in [3.63, 3.8) is 0 Å². The predicted molar refractivity (Wildman–Crippen MR) is 84.3 cm³/mol. The minimum absolute atomic E-state index is 0.0212. The van der Waals surface area contributed by atoms with Gasteiger partial charge in [-0.15, -0.1) is 0 Å². The second kappa shape index (κ2) is 6.96. The molecule has 0 saturated heterocycles. The Labute approximate surface area is 135 Å². The summed E-state index contributed by atoms with van der Waals surface area (Å²) in [5.41, 5.74) is 0.0377. The van der Waals surface area contributed by atoms with Gasteiger partial charge in [-0.2, -0.15) is 0 Å². The Kier molecular flexibility index (Phi) is 6.04. The van der Waals surface area contributed by atoms with Crippen molar-refractivity contribution in [2.24, 2.45) is 11.1 Å². The highest BCUT2D eigenvalue weighted by Crippen LogP contribution is 2.30. The van der Waals surface area contributed by atoms with Crippen LogP contribution in [-0.4, -0.2) is 32.3 Å². The topological polar surface area (TPSA) is 80.5 Å². The molecule has 0 bridgehead atoms. The monoisotopic (exact) mass is 352 g/mol. The molecule has 0 spiro atoms. The third-order valence-corrected chi connectivity index (χ3v) is 4.51. The van der Waals surface area contributed by atoms with Crippen LogP contribution < -0.4 is 5.14 Å². The summed E-state index contributed by atoms with van der Waals surface area (Å²) in [6.45, 7) is 6.79. The maximum Gasteiger partial charge on any atom is 0.255 e. The van der Waals surface area contributed by atoms with Crippen molar-refractivity contribution in [3.05, 3.63) is 27.7 Å². The molecule has 21 heavy (non-hydrogen) atoms. The first-order chi connectivity index (χ1) is 9.57. The summed E-state index contributed by atoms with van der Waals surface area (Å²) in [4.78, 5) is 13.9. The van der Waals surface area contributed by atoms with Crippen molar-refractivity contribution < 1.29 is 13.2 Å². The van der Waals surface area contributed by atoms with Crippen molar-refractivity contribution >= 4 is 39.1 Å². The minimum atomic E-state index is -3.97. The highest BCUT2D eigenvalue weighted by atomic mass is 35.5.